The number of nitrogens with one attached hydrogen (secondary N) is 2. The number of hydrogen-bond acceptors (Lipinski definition) is 6. The number of carboxylic acid groups (broad SMARTS) is 1. The summed E-state index contributed by atoms with van der Waals surface area (Å²) in [6.07, 6.45) is 0.478. The number of carbonyl (C=O) groups is 3. The third kappa shape index (κ3) is 7.58. The van der Waals surface area contributed by atoms with E-state index in [2.05, 4.69) is 47.0 Å². The third-order valence-corrected chi connectivity index (χ3v) is 11.9. The third-order valence-electron chi connectivity index (χ3n) is 5.38. The Balaban J connectivity index is 1.68. The second-order valence-electron chi connectivity index (χ2n) is 7.84. The average molecular weight is 543 g/mol. The van der Waals surface area contributed by atoms with Gasteiger partial charge in [0, 0.05) is 5.75 Å². The Bertz CT molecular complexity index is 1040. The molecule has 5 N–H and O–H groups in total. The highest BCUT2D eigenvalue weighted by atomic mass is 33.1. The lowest BCUT2D eigenvalue weighted by Gasteiger charge is -2.27. The lowest BCUT2D eigenvalue weighted by atomic mass is 10.3. The molecule has 0 aromatic heterocycles. The number of rotatable bonds is 13. The van der Waals surface area contributed by atoms with Gasteiger partial charge in [0.1, 0.15) is 36.0 Å². The summed E-state index contributed by atoms with van der Waals surface area (Å²) in [5.41, 5.74) is 5.79. The number of aliphatic carboxylic acids is 1. The lowest BCUT2D eigenvalue weighted by Crippen LogP contribution is -2.43. The van der Waals surface area contributed by atoms with Gasteiger partial charge in [0.25, 0.3) is 0 Å². The second kappa shape index (κ2) is 14.0. The molecule has 0 heterocycles. The Hall–Kier alpha value is -2.84. The van der Waals surface area contributed by atoms with Gasteiger partial charge in [-0.3, -0.25) is 14.4 Å². The zero-order valence-corrected chi connectivity index (χ0v) is 22.1. The maximum atomic E-state index is 12.8. The van der Waals surface area contributed by atoms with Crippen LogP contribution in [0.1, 0.15) is 0 Å². The minimum absolute atomic E-state index is 0.108. The number of hydrogen-bond donors (Lipinski definition) is 4. The second-order valence-corrected chi connectivity index (χ2v) is 13.8. The molecule has 10 heteroatoms. The molecule has 0 spiro atoms. The maximum Gasteiger partial charge on any atom is 0.322 e. The minimum Gasteiger partial charge on any atom is -0.480 e. The first kappa shape index (κ1) is 27.7. The van der Waals surface area contributed by atoms with E-state index in [4.69, 9.17) is 10.8 Å². The number of nitrogens with two attached hydrogens (primary N) is 1. The summed E-state index contributed by atoms with van der Waals surface area (Å²) in [7, 11) is 0.457. The molecule has 2 amide bonds. The Morgan fingerprint density at radius 3 is 1.69 bits per heavy atom. The predicted molar refractivity (Wildman–Crippen MR) is 152 cm³/mol. The maximum absolute atomic E-state index is 12.8. The van der Waals surface area contributed by atoms with Crippen molar-refractivity contribution in [2.45, 2.75) is 6.04 Å². The molecule has 7 nitrogen and oxygen atoms in total. The van der Waals surface area contributed by atoms with Crippen LogP contribution in [0.4, 0.5) is 0 Å². The van der Waals surface area contributed by atoms with Crippen LogP contribution >= 0.6 is 28.9 Å². The number of benzene rings is 3. The molecular weight excluding hydrogens is 513 g/mol. The van der Waals surface area contributed by atoms with E-state index in [1.54, 1.807) is 0 Å². The fraction of sp³-hybridized carbons (Fsp3) is 0.192. The molecule has 0 saturated carbocycles. The van der Waals surface area contributed by atoms with Crippen molar-refractivity contribution in [2.75, 3.05) is 24.3 Å². The van der Waals surface area contributed by atoms with Crippen molar-refractivity contribution in [2.24, 2.45) is 5.73 Å². The van der Waals surface area contributed by atoms with Crippen molar-refractivity contribution in [1.29, 1.82) is 0 Å². The molecule has 0 aliphatic rings. The van der Waals surface area contributed by atoms with Crippen LogP contribution in [0.3, 0.4) is 0 Å². The highest BCUT2D eigenvalue weighted by molar-refractivity contribution is 8.76. The number of carbonyl (C=O) groups excluding carboxylic acids is 2. The van der Waals surface area contributed by atoms with Gasteiger partial charge in [0.2, 0.25) is 11.8 Å². The van der Waals surface area contributed by atoms with Gasteiger partial charge < -0.3 is 21.5 Å². The van der Waals surface area contributed by atoms with Gasteiger partial charge in [-0.2, -0.15) is 0 Å². The Morgan fingerprint density at radius 2 is 1.25 bits per heavy atom. The van der Waals surface area contributed by atoms with Gasteiger partial charge in [0.15, 0.2) is 0 Å². The van der Waals surface area contributed by atoms with Crippen molar-refractivity contribution < 1.29 is 19.5 Å². The molecule has 0 saturated heterocycles. The van der Waals surface area contributed by atoms with Crippen molar-refractivity contribution >= 4 is 62.5 Å². The SMILES string of the molecule is NC(CSSCC(=O)NC[P+](c1ccccc1)(c1ccccc1)c1ccccc1)C(=O)NCC(=O)O. The molecule has 1 unspecified atom stereocenters. The standard InChI is InChI=1S/C26H28N3O4PS2/c27-23(26(33)28-16-25(31)32)17-35-36-18-24(30)29-19-34(20-10-4-1-5-11-20,21-12-6-2-7-13-21)22-14-8-3-9-15-22/h1-15,23H,16-19,27H2,(H2-,28,29,30,31,32,33)/p+1. The minimum atomic E-state index is -2.16. The molecule has 3 aromatic carbocycles. The van der Waals surface area contributed by atoms with Crippen molar-refractivity contribution in [3.63, 3.8) is 0 Å². The number of amides is 2. The average Bonchev–Trinajstić information content (AvgIpc) is 2.91. The topological polar surface area (TPSA) is 122 Å². The zero-order chi connectivity index (χ0) is 25.8. The first-order valence-electron chi connectivity index (χ1n) is 11.2. The summed E-state index contributed by atoms with van der Waals surface area (Å²) in [6, 6.07) is 30.1. The monoisotopic (exact) mass is 542 g/mol. The van der Waals surface area contributed by atoms with E-state index < -0.39 is 31.7 Å². The molecule has 0 aliphatic heterocycles. The van der Waals surface area contributed by atoms with Crippen LogP contribution < -0.4 is 32.3 Å². The fourth-order valence-corrected chi connectivity index (χ4v) is 9.50. The number of carboxylic acids is 1. The Morgan fingerprint density at radius 1 is 0.778 bits per heavy atom. The van der Waals surface area contributed by atoms with Crippen molar-refractivity contribution in [3.05, 3.63) is 91.0 Å². The smallest absolute Gasteiger partial charge is 0.322 e. The Labute approximate surface area is 219 Å². The first-order valence-corrected chi connectivity index (χ1v) is 15.7. The molecule has 0 radical (unpaired) electrons. The van der Waals surface area contributed by atoms with Crippen LogP contribution in [0.25, 0.3) is 0 Å². The van der Waals surface area contributed by atoms with E-state index in [9.17, 15) is 14.4 Å². The predicted octanol–water partition coefficient (Wildman–Crippen LogP) is 1.96. The van der Waals surface area contributed by atoms with Gasteiger partial charge in [-0.05, 0) is 36.4 Å². The van der Waals surface area contributed by atoms with Crippen LogP contribution in [-0.4, -0.2) is 53.3 Å². The summed E-state index contributed by atoms with van der Waals surface area (Å²) in [6.45, 7) is -0.470. The summed E-state index contributed by atoms with van der Waals surface area (Å²) < 4.78 is 0. The zero-order valence-electron chi connectivity index (χ0n) is 19.6. The summed E-state index contributed by atoms with van der Waals surface area (Å²) >= 11 is 0. The van der Waals surface area contributed by atoms with E-state index in [-0.39, 0.29) is 17.4 Å². The quantitative estimate of drug-likeness (QED) is 0.148. The van der Waals surface area contributed by atoms with Gasteiger partial charge in [-0.25, -0.2) is 0 Å². The summed E-state index contributed by atoms with van der Waals surface area (Å²) in [4.78, 5) is 35.2. The van der Waals surface area contributed by atoms with Crippen molar-refractivity contribution in [3.8, 4) is 0 Å². The molecule has 1 atom stereocenters. The van der Waals surface area contributed by atoms with E-state index in [0.717, 1.165) is 0 Å². The molecule has 188 valence electrons. The van der Waals surface area contributed by atoms with E-state index in [1.165, 1.54) is 37.5 Å². The van der Waals surface area contributed by atoms with E-state index in [0.29, 0.717) is 6.29 Å². The summed E-state index contributed by atoms with van der Waals surface area (Å²) in [5.74, 6) is -1.30. The molecule has 3 aromatic rings. The molecular formula is C26H29N3O4PS2+. The van der Waals surface area contributed by atoms with Gasteiger partial charge in [0.05, 0.1) is 11.8 Å². The van der Waals surface area contributed by atoms with Gasteiger partial charge >= 0.3 is 5.97 Å². The first-order chi connectivity index (χ1) is 17.4. The highest BCUT2D eigenvalue weighted by Crippen LogP contribution is 2.54. The van der Waals surface area contributed by atoms with Crippen molar-refractivity contribution in [1.82, 2.24) is 10.6 Å². The van der Waals surface area contributed by atoms with Crippen LogP contribution in [0, 0.1) is 0 Å². The molecule has 0 aliphatic carbocycles. The van der Waals surface area contributed by atoms with Crippen LogP contribution in [0.2, 0.25) is 0 Å². The van der Waals surface area contributed by atoms with Crippen LogP contribution in [0.15, 0.2) is 91.0 Å². The highest BCUT2D eigenvalue weighted by Gasteiger charge is 2.45. The summed E-state index contributed by atoms with van der Waals surface area (Å²) in [5, 5.41) is 17.6. The molecule has 3 rings (SSSR count). The van der Waals surface area contributed by atoms with Gasteiger partial charge in [-0.1, -0.05) is 76.2 Å². The molecule has 36 heavy (non-hydrogen) atoms. The van der Waals surface area contributed by atoms with E-state index in [1.807, 2.05) is 54.6 Å². The van der Waals surface area contributed by atoms with Crippen LogP contribution in [0.5, 0.6) is 0 Å². The van der Waals surface area contributed by atoms with Crippen LogP contribution in [-0.2, 0) is 14.4 Å². The lowest BCUT2D eigenvalue weighted by molar-refractivity contribution is -0.138. The molecule has 0 bridgehead atoms. The van der Waals surface area contributed by atoms with Gasteiger partial charge in [-0.15, -0.1) is 0 Å². The molecule has 0 fully saturated rings. The Kier molecular flexibility index (Phi) is 10.8. The van der Waals surface area contributed by atoms with E-state index >= 15 is 0 Å². The normalized spacial score (nSPS) is 11.9. The fourth-order valence-electron chi connectivity index (χ4n) is 3.61. The largest absolute Gasteiger partial charge is 0.480 e.